The molecule has 1 heterocycles. The Balaban J connectivity index is 2.51. The Morgan fingerprint density at radius 3 is 2.57 bits per heavy atom. The lowest BCUT2D eigenvalue weighted by molar-refractivity contribution is 0.189. The van der Waals surface area contributed by atoms with Gasteiger partial charge in [0.25, 0.3) is 5.56 Å². The Bertz CT molecular complexity index is 737. The summed E-state index contributed by atoms with van der Waals surface area (Å²) in [6.45, 7) is 0.755. The third kappa shape index (κ3) is 3.64. The van der Waals surface area contributed by atoms with Crippen LogP contribution in [0.2, 0.25) is 5.15 Å². The zero-order valence-corrected chi connectivity index (χ0v) is 13.7. The van der Waals surface area contributed by atoms with Gasteiger partial charge in [0.1, 0.15) is 5.15 Å². The van der Waals surface area contributed by atoms with Crippen LogP contribution in [0.1, 0.15) is 6.42 Å². The molecule has 0 aliphatic heterocycles. The third-order valence-electron chi connectivity index (χ3n) is 3.00. The first kappa shape index (κ1) is 16.0. The minimum atomic E-state index is -0.512. The zero-order valence-electron chi connectivity index (χ0n) is 11.4. The van der Waals surface area contributed by atoms with Crippen LogP contribution in [-0.4, -0.2) is 23.3 Å². The third-order valence-corrected chi connectivity index (χ3v) is 3.82. The maximum absolute atomic E-state index is 12.5. The number of benzene rings is 1. The van der Waals surface area contributed by atoms with E-state index in [9.17, 15) is 9.59 Å². The van der Waals surface area contributed by atoms with E-state index in [2.05, 4.69) is 20.9 Å². The smallest absolute Gasteiger partial charge is 0.329 e. The second kappa shape index (κ2) is 7.06. The van der Waals surface area contributed by atoms with E-state index in [0.717, 1.165) is 9.04 Å². The molecule has 2 aromatic rings. The van der Waals surface area contributed by atoms with Crippen molar-refractivity contribution in [2.75, 3.05) is 13.7 Å². The van der Waals surface area contributed by atoms with Gasteiger partial charge >= 0.3 is 5.69 Å². The normalized spacial score (nSPS) is 10.8. The van der Waals surface area contributed by atoms with Crippen LogP contribution in [-0.2, 0) is 11.3 Å². The number of halogens is 2. The van der Waals surface area contributed by atoms with Crippen LogP contribution in [0.15, 0.2) is 38.3 Å². The van der Waals surface area contributed by atoms with E-state index < -0.39 is 11.2 Å². The van der Waals surface area contributed by atoms with Crippen molar-refractivity contribution in [2.24, 2.45) is 0 Å². The van der Waals surface area contributed by atoms with Crippen LogP contribution >= 0.6 is 27.5 Å². The van der Waals surface area contributed by atoms with Gasteiger partial charge < -0.3 is 4.74 Å². The van der Waals surface area contributed by atoms with Crippen molar-refractivity contribution in [2.45, 2.75) is 13.0 Å². The number of H-pyrrole nitrogens is 1. The van der Waals surface area contributed by atoms with Crippen molar-refractivity contribution in [3.05, 3.63) is 54.7 Å². The molecule has 2 rings (SSSR count). The van der Waals surface area contributed by atoms with E-state index in [1.807, 2.05) is 12.1 Å². The van der Waals surface area contributed by atoms with Gasteiger partial charge in [0.2, 0.25) is 0 Å². The molecular formula is C14H14BrClN2O3. The largest absolute Gasteiger partial charge is 0.385 e. The number of rotatable bonds is 5. The lowest BCUT2D eigenvalue weighted by Crippen LogP contribution is -2.36. The number of ether oxygens (including phenoxy) is 1. The highest BCUT2D eigenvalue weighted by molar-refractivity contribution is 9.10. The number of methoxy groups -OCH3 is 1. The van der Waals surface area contributed by atoms with Crippen molar-refractivity contribution in [3.63, 3.8) is 0 Å². The molecule has 1 aromatic carbocycles. The number of aromatic nitrogens is 2. The molecule has 0 radical (unpaired) electrons. The number of hydrogen-bond acceptors (Lipinski definition) is 3. The fraction of sp³-hybridized carbons (Fsp3) is 0.286. The highest BCUT2D eigenvalue weighted by atomic mass is 79.9. The Morgan fingerprint density at radius 2 is 1.95 bits per heavy atom. The highest BCUT2D eigenvalue weighted by Gasteiger charge is 2.14. The summed E-state index contributed by atoms with van der Waals surface area (Å²) in [4.78, 5) is 26.9. The van der Waals surface area contributed by atoms with E-state index in [-0.39, 0.29) is 11.7 Å². The van der Waals surface area contributed by atoms with E-state index in [4.69, 9.17) is 16.3 Å². The van der Waals surface area contributed by atoms with Gasteiger partial charge in [-0.3, -0.25) is 14.3 Å². The number of hydrogen-bond donors (Lipinski definition) is 1. The molecule has 5 nitrogen and oxygen atoms in total. The first-order chi connectivity index (χ1) is 10.0. The van der Waals surface area contributed by atoms with Crippen LogP contribution < -0.4 is 11.2 Å². The molecule has 0 amide bonds. The van der Waals surface area contributed by atoms with E-state index in [1.165, 1.54) is 0 Å². The summed E-state index contributed by atoms with van der Waals surface area (Å²) in [5.74, 6) is 0. The summed E-state index contributed by atoms with van der Waals surface area (Å²) < 4.78 is 6.97. The van der Waals surface area contributed by atoms with E-state index >= 15 is 0 Å². The minimum absolute atomic E-state index is 0.0512. The average molecular weight is 374 g/mol. The Kier molecular flexibility index (Phi) is 5.39. The first-order valence-electron chi connectivity index (χ1n) is 6.32. The van der Waals surface area contributed by atoms with E-state index in [0.29, 0.717) is 24.2 Å². The Morgan fingerprint density at radius 1 is 1.29 bits per heavy atom. The maximum atomic E-state index is 12.5. The van der Waals surface area contributed by atoms with Crippen LogP contribution in [0.3, 0.4) is 0 Å². The van der Waals surface area contributed by atoms with Gasteiger partial charge in [-0.2, -0.15) is 0 Å². The van der Waals surface area contributed by atoms with Gasteiger partial charge in [0.15, 0.2) is 0 Å². The predicted molar refractivity (Wildman–Crippen MR) is 86.0 cm³/mol. The molecule has 1 aromatic heterocycles. The van der Waals surface area contributed by atoms with Gasteiger partial charge in [-0.05, 0) is 24.1 Å². The SMILES string of the molecule is COCCCn1c(=O)[nH]c(Cl)c(-c2ccc(Br)cc2)c1=O. The quantitative estimate of drug-likeness (QED) is 0.647. The van der Waals surface area contributed by atoms with E-state index in [1.54, 1.807) is 19.2 Å². The molecule has 0 unspecified atom stereocenters. The molecule has 21 heavy (non-hydrogen) atoms. The van der Waals surface area contributed by atoms with Crippen LogP contribution in [0.25, 0.3) is 11.1 Å². The monoisotopic (exact) mass is 372 g/mol. The topological polar surface area (TPSA) is 64.1 Å². The summed E-state index contributed by atoms with van der Waals surface area (Å²) in [7, 11) is 1.57. The summed E-state index contributed by atoms with van der Waals surface area (Å²) >= 11 is 9.37. The lowest BCUT2D eigenvalue weighted by atomic mass is 10.1. The molecule has 0 saturated heterocycles. The number of nitrogens with one attached hydrogen (secondary N) is 1. The molecule has 0 aliphatic carbocycles. The molecule has 7 heteroatoms. The Labute approximate surface area is 134 Å². The zero-order chi connectivity index (χ0) is 15.4. The molecule has 0 atom stereocenters. The van der Waals surface area contributed by atoms with Crippen molar-refractivity contribution in [3.8, 4) is 11.1 Å². The second-order valence-electron chi connectivity index (χ2n) is 4.43. The Hall–Kier alpha value is -1.37. The lowest BCUT2D eigenvalue weighted by Gasteiger charge is -2.09. The van der Waals surface area contributed by atoms with Gasteiger partial charge in [0.05, 0.1) is 5.56 Å². The maximum Gasteiger partial charge on any atom is 0.329 e. The molecule has 1 N–H and O–H groups in total. The summed E-state index contributed by atoms with van der Waals surface area (Å²) in [5, 5.41) is 0.0512. The molecule has 0 bridgehead atoms. The van der Waals surface area contributed by atoms with Gasteiger partial charge in [-0.25, -0.2) is 4.79 Å². The van der Waals surface area contributed by atoms with Crippen LogP contribution in [0.4, 0.5) is 0 Å². The standard InChI is InChI=1S/C14H14BrClN2O3/c1-21-8-2-7-18-13(19)11(12(16)17-14(18)20)9-3-5-10(15)6-4-9/h3-6H,2,7-8H2,1H3,(H,17,20). The number of nitrogens with zero attached hydrogens (tertiary/aromatic N) is 1. The van der Waals surface area contributed by atoms with Crippen molar-refractivity contribution in [1.82, 2.24) is 9.55 Å². The fourth-order valence-electron chi connectivity index (χ4n) is 1.98. The molecule has 0 saturated carbocycles. The highest BCUT2D eigenvalue weighted by Crippen LogP contribution is 2.23. The first-order valence-corrected chi connectivity index (χ1v) is 7.49. The predicted octanol–water partition coefficient (Wildman–Crippen LogP) is 2.66. The minimum Gasteiger partial charge on any atom is -0.385 e. The summed E-state index contributed by atoms with van der Waals surface area (Å²) in [6, 6.07) is 7.16. The number of aromatic amines is 1. The average Bonchev–Trinajstić information content (AvgIpc) is 2.44. The molecule has 0 fully saturated rings. The molecular weight excluding hydrogens is 360 g/mol. The van der Waals surface area contributed by atoms with Crippen molar-refractivity contribution < 1.29 is 4.74 Å². The van der Waals surface area contributed by atoms with Crippen LogP contribution in [0.5, 0.6) is 0 Å². The van der Waals surface area contributed by atoms with Gasteiger partial charge in [0, 0.05) is 24.7 Å². The summed E-state index contributed by atoms with van der Waals surface area (Å²) in [6.07, 6.45) is 0.570. The van der Waals surface area contributed by atoms with Gasteiger partial charge in [-0.15, -0.1) is 0 Å². The van der Waals surface area contributed by atoms with Crippen molar-refractivity contribution in [1.29, 1.82) is 0 Å². The molecule has 112 valence electrons. The van der Waals surface area contributed by atoms with Crippen molar-refractivity contribution >= 4 is 27.5 Å². The fourth-order valence-corrected chi connectivity index (χ4v) is 2.52. The molecule has 0 spiro atoms. The second-order valence-corrected chi connectivity index (χ2v) is 5.72. The van der Waals surface area contributed by atoms with Gasteiger partial charge in [-0.1, -0.05) is 39.7 Å². The molecule has 0 aliphatic rings. The van der Waals surface area contributed by atoms with Crippen LogP contribution in [0, 0.1) is 0 Å². The summed E-state index contributed by atoms with van der Waals surface area (Å²) in [5.41, 5.74) is 0.0373.